The summed E-state index contributed by atoms with van der Waals surface area (Å²) in [5, 5.41) is 10.4. The molecule has 1 spiro atoms. The van der Waals surface area contributed by atoms with Crippen LogP contribution in [0.25, 0.3) is 0 Å². The van der Waals surface area contributed by atoms with Crippen molar-refractivity contribution in [3.05, 3.63) is 24.3 Å². The van der Waals surface area contributed by atoms with Crippen LogP contribution in [-0.4, -0.2) is 121 Å². The molecular formula is C28H41N3O7. The Morgan fingerprint density at radius 3 is 2.61 bits per heavy atom. The number of hydrogen-bond donors (Lipinski definition) is 1. The van der Waals surface area contributed by atoms with Crippen molar-refractivity contribution in [2.24, 2.45) is 17.8 Å². The topological polar surface area (TPSA) is 109 Å². The number of fused-ring (bicyclic) bond motifs is 2. The number of ether oxygens (including phenoxy) is 3. The monoisotopic (exact) mass is 531 g/mol. The van der Waals surface area contributed by atoms with Gasteiger partial charge < -0.3 is 29.1 Å². The van der Waals surface area contributed by atoms with Gasteiger partial charge in [-0.25, -0.2) is 0 Å². The first-order valence-corrected chi connectivity index (χ1v) is 14.1. The molecule has 1 unspecified atom stereocenters. The van der Waals surface area contributed by atoms with Gasteiger partial charge >= 0.3 is 5.97 Å². The molecule has 0 saturated carbocycles. The quantitative estimate of drug-likeness (QED) is 0.376. The van der Waals surface area contributed by atoms with Crippen LogP contribution < -0.4 is 0 Å². The molecule has 3 saturated heterocycles. The standard InChI is InChI=1S/C28H41N3O7/c1-19(2)17-20(18-32)31-24-26(34)30(11-10-29-12-15-36-16-13-29)9-6-8-28(24)23(25(31)33)22-21(38-28)7-4-3-5-14-37-27(22)35/h4,6-8,19-24,32H,3,5,9-18H2,1-2H3/b7-4-/t20-,21+,22-,23+,24?,28+/m1/s1. The van der Waals surface area contributed by atoms with Crippen LogP contribution in [0, 0.1) is 17.8 Å². The average molecular weight is 532 g/mol. The van der Waals surface area contributed by atoms with E-state index in [1.54, 1.807) is 9.80 Å². The smallest absolute Gasteiger partial charge is 0.312 e. The van der Waals surface area contributed by atoms with Gasteiger partial charge in [-0.3, -0.25) is 19.3 Å². The van der Waals surface area contributed by atoms with Crippen LogP contribution in [0.4, 0.5) is 0 Å². The predicted molar refractivity (Wildman–Crippen MR) is 138 cm³/mol. The first-order valence-electron chi connectivity index (χ1n) is 14.1. The predicted octanol–water partition coefficient (Wildman–Crippen LogP) is 0.598. The molecule has 6 atom stereocenters. The zero-order valence-corrected chi connectivity index (χ0v) is 22.5. The van der Waals surface area contributed by atoms with Gasteiger partial charge in [0, 0.05) is 32.7 Å². The molecular weight excluding hydrogens is 490 g/mol. The maximum Gasteiger partial charge on any atom is 0.312 e. The second-order valence-electron chi connectivity index (χ2n) is 11.4. The SMILES string of the molecule is CC(C)C[C@H](CO)N1C(=O)[C@@H]2[C@@H]3C(=O)OCCC/C=C\[C@@H]3O[C@@]23C=CCN(CCN2CCOCC2)C(=O)C13. The number of carbonyl (C=O) groups is 3. The highest BCUT2D eigenvalue weighted by Crippen LogP contribution is 2.53. The Morgan fingerprint density at radius 1 is 1.08 bits per heavy atom. The maximum absolute atomic E-state index is 14.3. The van der Waals surface area contributed by atoms with Crippen molar-refractivity contribution in [1.29, 1.82) is 0 Å². The fraction of sp³-hybridized carbons (Fsp3) is 0.750. The fourth-order valence-corrected chi connectivity index (χ4v) is 6.74. The molecule has 0 bridgehead atoms. The first-order chi connectivity index (χ1) is 18.4. The molecule has 5 aliphatic rings. The second-order valence-corrected chi connectivity index (χ2v) is 11.4. The number of allylic oxidation sites excluding steroid dienone is 1. The number of morpholine rings is 1. The van der Waals surface area contributed by atoms with Crippen molar-refractivity contribution in [2.75, 3.05) is 59.2 Å². The van der Waals surface area contributed by atoms with E-state index in [-0.39, 0.29) is 30.9 Å². The molecule has 10 nitrogen and oxygen atoms in total. The van der Waals surface area contributed by atoms with E-state index in [0.29, 0.717) is 45.7 Å². The van der Waals surface area contributed by atoms with E-state index in [1.165, 1.54) is 0 Å². The number of hydrogen-bond acceptors (Lipinski definition) is 8. The molecule has 0 radical (unpaired) electrons. The van der Waals surface area contributed by atoms with Crippen LogP contribution >= 0.6 is 0 Å². The fourth-order valence-electron chi connectivity index (χ4n) is 6.74. The Bertz CT molecular complexity index is 962. The molecule has 210 valence electrons. The third-order valence-corrected chi connectivity index (χ3v) is 8.51. The molecule has 5 rings (SSSR count). The Hall–Kier alpha value is -2.27. The number of likely N-dealkylation sites (tertiary alicyclic amines) is 1. The largest absolute Gasteiger partial charge is 0.465 e. The number of aliphatic hydroxyl groups excluding tert-OH is 1. The van der Waals surface area contributed by atoms with E-state index in [4.69, 9.17) is 14.2 Å². The maximum atomic E-state index is 14.3. The molecule has 38 heavy (non-hydrogen) atoms. The van der Waals surface area contributed by atoms with Gasteiger partial charge in [-0.15, -0.1) is 0 Å². The van der Waals surface area contributed by atoms with Crippen molar-refractivity contribution >= 4 is 17.8 Å². The molecule has 1 N–H and O–H groups in total. The minimum atomic E-state index is -1.30. The molecule has 2 amide bonds. The van der Waals surface area contributed by atoms with Crippen molar-refractivity contribution in [1.82, 2.24) is 14.7 Å². The summed E-state index contributed by atoms with van der Waals surface area (Å²) in [5.74, 6) is -2.54. The molecule has 3 fully saturated rings. The molecule has 0 aromatic heterocycles. The second kappa shape index (κ2) is 11.5. The van der Waals surface area contributed by atoms with Crippen LogP contribution in [0.3, 0.4) is 0 Å². The van der Waals surface area contributed by atoms with Gasteiger partial charge in [-0.1, -0.05) is 38.2 Å². The summed E-state index contributed by atoms with van der Waals surface area (Å²) in [7, 11) is 0. The van der Waals surface area contributed by atoms with E-state index < -0.39 is 41.6 Å². The molecule has 0 aliphatic carbocycles. The molecule has 5 aliphatic heterocycles. The molecule has 10 heteroatoms. The summed E-state index contributed by atoms with van der Waals surface area (Å²) in [5.41, 5.74) is -1.30. The third-order valence-electron chi connectivity index (χ3n) is 8.51. The van der Waals surface area contributed by atoms with E-state index in [1.807, 2.05) is 38.2 Å². The van der Waals surface area contributed by atoms with Crippen molar-refractivity contribution < 1.29 is 33.7 Å². The van der Waals surface area contributed by atoms with Crippen molar-refractivity contribution in [3.63, 3.8) is 0 Å². The lowest BCUT2D eigenvalue weighted by molar-refractivity contribution is -0.156. The Morgan fingerprint density at radius 2 is 1.87 bits per heavy atom. The lowest BCUT2D eigenvalue weighted by Gasteiger charge is -2.39. The number of aliphatic hydroxyl groups is 1. The number of carbonyl (C=O) groups excluding carboxylic acids is 3. The van der Waals surface area contributed by atoms with Crippen LogP contribution in [0.15, 0.2) is 24.3 Å². The highest BCUT2D eigenvalue weighted by molar-refractivity contribution is 5.99. The lowest BCUT2D eigenvalue weighted by atomic mass is 9.78. The third kappa shape index (κ3) is 4.92. The number of cyclic esters (lactones) is 1. The van der Waals surface area contributed by atoms with Gasteiger partial charge in [0.1, 0.15) is 17.6 Å². The minimum Gasteiger partial charge on any atom is -0.465 e. The zero-order valence-electron chi connectivity index (χ0n) is 22.5. The first kappa shape index (κ1) is 27.3. The normalized spacial score (nSPS) is 35.6. The van der Waals surface area contributed by atoms with Gasteiger partial charge in [0.25, 0.3) is 0 Å². The summed E-state index contributed by atoms with van der Waals surface area (Å²) >= 11 is 0. The number of esters is 1. The zero-order chi connectivity index (χ0) is 26.9. The summed E-state index contributed by atoms with van der Waals surface area (Å²) in [4.78, 5) is 47.5. The number of rotatable bonds is 7. The molecule has 0 aromatic rings. The lowest BCUT2D eigenvalue weighted by Crippen LogP contribution is -2.59. The Labute approximate surface area is 224 Å². The summed E-state index contributed by atoms with van der Waals surface area (Å²) in [6, 6.07) is -1.52. The van der Waals surface area contributed by atoms with Crippen LogP contribution in [0.2, 0.25) is 0 Å². The summed E-state index contributed by atoms with van der Waals surface area (Å²) < 4.78 is 17.7. The minimum absolute atomic E-state index is 0.191. The van der Waals surface area contributed by atoms with E-state index >= 15 is 0 Å². The summed E-state index contributed by atoms with van der Waals surface area (Å²) in [6.07, 6.45) is 8.90. The van der Waals surface area contributed by atoms with E-state index in [2.05, 4.69) is 4.90 Å². The highest BCUT2D eigenvalue weighted by atomic mass is 16.6. The molecule has 5 heterocycles. The highest BCUT2D eigenvalue weighted by Gasteiger charge is 2.72. The van der Waals surface area contributed by atoms with Crippen LogP contribution in [-0.2, 0) is 28.6 Å². The molecule has 0 aromatic carbocycles. The Kier molecular flexibility index (Phi) is 8.23. The van der Waals surface area contributed by atoms with Crippen molar-refractivity contribution in [2.45, 2.75) is 56.9 Å². The van der Waals surface area contributed by atoms with Crippen LogP contribution in [0.1, 0.15) is 33.1 Å². The van der Waals surface area contributed by atoms with Gasteiger partial charge in [0.15, 0.2) is 0 Å². The number of nitrogens with zero attached hydrogens (tertiary/aromatic N) is 3. The average Bonchev–Trinajstić information content (AvgIpc) is 3.32. The van der Waals surface area contributed by atoms with Gasteiger partial charge in [-0.2, -0.15) is 0 Å². The Balaban J connectivity index is 1.51. The summed E-state index contributed by atoms with van der Waals surface area (Å²) in [6.45, 7) is 8.65. The van der Waals surface area contributed by atoms with Crippen LogP contribution in [0.5, 0.6) is 0 Å². The number of amides is 2. The van der Waals surface area contributed by atoms with E-state index in [9.17, 15) is 19.5 Å². The van der Waals surface area contributed by atoms with Gasteiger partial charge in [-0.05, 0) is 25.2 Å². The van der Waals surface area contributed by atoms with Crippen molar-refractivity contribution in [3.8, 4) is 0 Å². The van der Waals surface area contributed by atoms with Gasteiger partial charge in [0.05, 0.1) is 44.5 Å². The van der Waals surface area contributed by atoms with E-state index in [0.717, 1.165) is 19.5 Å². The van der Waals surface area contributed by atoms with Gasteiger partial charge in [0.2, 0.25) is 11.8 Å².